The molecule has 6 heteroatoms. The van der Waals surface area contributed by atoms with Gasteiger partial charge in [-0.15, -0.1) is 0 Å². The van der Waals surface area contributed by atoms with Crippen LogP contribution < -0.4 is 10.6 Å². The normalized spacial score (nSPS) is 10.1. The van der Waals surface area contributed by atoms with Gasteiger partial charge in [-0.2, -0.15) is 0 Å². The van der Waals surface area contributed by atoms with Crippen molar-refractivity contribution in [2.45, 2.75) is 20.8 Å². The number of benzene rings is 2. The molecule has 5 nitrogen and oxygen atoms in total. The highest BCUT2D eigenvalue weighted by atomic mass is 32.1. The molecule has 0 amide bonds. The van der Waals surface area contributed by atoms with Crippen molar-refractivity contribution in [3.63, 3.8) is 0 Å². The molecule has 0 aliphatic rings. The monoisotopic (exact) mass is 315 g/mol. The van der Waals surface area contributed by atoms with Crippen LogP contribution in [0.4, 0.5) is 17.1 Å². The third-order valence-corrected chi connectivity index (χ3v) is 3.43. The van der Waals surface area contributed by atoms with Gasteiger partial charge < -0.3 is 10.6 Å². The van der Waals surface area contributed by atoms with Gasteiger partial charge in [-0.25, -0.2) is 0 Å². The van der Waals surface area contributed by atoms with Gasteiger partial charge in [0.15, 0.2) is 5.11 Å². The molecule has 0 fully saturated rings. The zero-order valence-corrected chi connectivity index (χ0v) is 13.5. The molecule has 0 atom stereocenters. The molecule has 2 N–H and O–H groups in total. The minimum absolute atomic E-state index is 0.0236. The van der Waals surface area contributed by atoms with Gasteiger partial charge in [0.05, 0.1) is 4.92 Å². The van der Waals surface area contributed by atoms with Gasteiger partial charge in [-0.3, -0.25) is 10.1 Å². The van der Waals surface area contributed by atoms with Crippen LogP contribution in [0.25, 0.3) is 0 Å². The van der Waals surface area contributed by atoms with E-state index in [2.05, 4.69) is 22.8 Å². The van der Waals surface area contributed by atoms with Crippen LogP contribution in [-0.2, 0) is 0 Å². The van der Waals surface area contributed by atoms with Crippen molar-refractivity contribution in [3.05, 3.63) is 63.2 Å². The van der Waals surface area contributed by atoms with Crippen LogP contribution in [0.3, 0.4) is 0 Å². The summed E-state index contributed by atoms with van der Waals surface area (Å²) in [5.74, 6) is 0. The molecule has 0 heterocycles. The van der Waals surface area contributed by atoms with E-state index in [0.29, 0.717) is 10.8 Å². The molecule has 0 aliphatic carbocycles. The first kappa shape index (κ1) is 15.9. The van der Waals surface area contributed by atoms with E-state index in [1.807, 2.05) is 20.8 Å². The number of nitro groups is 1. The van der Waals surface area contributed by atoms with Crippen LogP contribution in [0.2, 0.25) is 0 Å². The zero-order valence-electron chi connectivity index (χ0n) is 12.6. The molecule has 22 heavy (non-hydrogen) atoms. The van der Waals surface area contributed by atoms with E-state index in [4.69, 9.17) is 12.2 Å². The first-order valence-electron chi connectivity index (χ1n) is 6.77. The number of rotatable bonds is 3. The molecule has 0 bridgehead atoms. The number of nitro benzene ring substituents is 1. The molecule has 2 aromatic rings. The fraction of sp³-hybridized carbons (Fsp3) is 0.188. The van der Waals surface area contributed by atoms with Gasteiger partial charge in [0, 0.05) is 23.5 Å². The lowest BCUT2D eigenvalue weighted by molar-refractivity contribution is -0.384. The fourth-order valence-corrected chi connectivity index (χ4v) is 2.57. The summed E-state index contributed by atoms with van der Waals surface area (Å²) < 4.78 is 0. The molecule has 0 saturated heterocycles. The molecule has 2 aromatic carbocycles. The maximum Gasteiger partial charge on any atom is 0.271 e. The predicted octanol–water partition coefficient (Wildman–Crippen LogP) is 4.33. The van der Waals surface area contributed by atoms with E-state index in [1.165, 1.54) is 17.7 Å². The van der Waals surface area contributed by atoms with E-state index in [9.17, 15) is 10.1 Å². The van der Waals surface area contributed by atoms with Crippen molar-refractivity contribution in [1.82, 2.24) is 0 Å². The third kappa shape index (κ3) is 3.79. The van der Waals surface area contributed by atoms with Crippen molar-refractivity contribution in [1.29, 1.82) is 0 Å². The average molecular weight is 315 g/mol. The Labute approximate surface area is 134 Å². The second kappa shape index (κ2) is 6.53. The summed E-state index contributed by atoms with van der Waals surface area (Å²) in [4.78, 5) is 10.3. The van der Waals surface area contributed by atoms with Crippen molar-refractivity contribution in [2.75, 3.05) is 10.6 Å². The Morgan fingerprint density at radius 3 is 2.32 bits per heavy atom. The van der Waals surface area contributed by atoms with Crippen molar-refractivity contribution in [2.24, 2.45) is 0 Å². The van der Waals surface area contributed by atoms with Crippen LogP contribution in [-0.4, -0.2) is 10.0 Å². The van der Waals surface area contributed by atoms with Crippen LogP contribution in [0, 0.1) is 30.9 Å². The maximum atomic E-state index is 10.8. The average Bonchev–Trinajstić information content (AvgIpc) is 2.43. The Balaban J connectivity index is 2.14. The Morgan fingerprint density at radius 1 is 1.09 bits per heavy atom. The second-order valence-electron chi connectivity index (χ2n) is 5.16. The van der Waals surface area contributed by atoms with E-state index in [-0.39, 0.29) is 5.69 Å². The van der Waals surface area contributed by atoms with Crippen molar-refractivity contribution < 1.29 is 4.92 Å². The topological polar surface area (TPSA) is 67.2 Å². The lowest BCUT2D eigenvalue weighted by Crippen LogP contribution is -2.20. The Hall–Kier alpha value is -2.47. The fourth-order valence-electron chi connectivity index (χ4n) is 2.35. The summed E-state index contributed by atoms with van der Waals surface area (Å²) in [5, 5.41) is 17.3. The van der Waals surface area contributed by atoms with Crippen LogP contribution in [0.5, 0.6) is 0 Å². The van der Waals surface area contributed by atoms with Crippen LogP contribution in [0.1, 0.15) is 16.7 Å². The summed E-state index contributed by atoms with van der Waals surface area (Å²) in [6, 6.07) is 10.4. The van der Waals surface area contributed by atoms with Gasteiger partial charge in [0.25, 0.3) is 5.69 Å². The van der Waals surface area contributed by atoms with Crippen molar-refractivity contribution in [3.8, 4) is 0 Å². The third-order valence-electron chi connectivity index (χ3n) is 3.23. The standard InChI is InChI=1S/C16H17N3O2S/c1-10-7-11(2)15(12(3)8-10)18-16(22)17-13-5-4-6-14(9-13)19(20)21/h4-9H,1-3H3,(H2,17,18,22). The molecular formula is C16H17N3O2S. The maximum absolute atomic E-state index is 10.8. The predicted molar refractivity (Wildman–Crippen MR) is 93.6 cm³/mol. The van der Waals surface area contributed by atoms with Gasteiger partial charge in [0.1, 0.15) is 0 Å². The van der Waals surface area contributed by atoms with E-state index < -0.39 is 4.92 Å². The van der Waals surface area contributed by atoms with Crippen LogP contribution in [0.15, 0.2) is 36.4 Å². The highest BCUT2D eigenvalue weighted by Gasteiger charge is 2.08. The number of aryl methyl sites for hydroxylation is 3. The summed E-state index contributed by atoms with van der Waals surface area (Å²) in [6.07, 6.45) is 0. The van der Waals surface area contributed by atoms with E-state index in [0.717, 1.165) is 16.8 Å². The molecule has 0 aliphatic heterocycles. The minimum Gasteiger partial charge on any atom is -0.332 e. The zero-order chi connectivity index (χ0) is 16.3. The quantitative estimate of drug-likeness (QED) is 0.501. The molecule has 0 saturated carbocycles. The Morgan fingerprint density at radius 2 is 1.73 bits per heavy atom. The van der Waals surface area contributed by atoms with Crippen LogP contribution >= 0.6 is 12.2 Å². The summed E-state index contributed by atoms with van der Waals surface area (Å²) in [7, 11) is 0. The van der Waals surface area contributed by atoms with Gasteiger partial charge in [-0.05, 0) is 50.2 Å². The smallest absolute Gasteiger partial charge is 0.271 e. The van der Waals surface area contributed by atoms with Gasteiger partial charge >= 0.3 is 0 Å². The lowest BCUT2D eigenvalue weighted by atomic mass is 10.1. The number of thiocarbonyl (C=S) groups is 1. The molecule has 0 radical (unpaired) electrons. The lowest BCUT2D eigenvalue weighted by Gasteiger charge is -2.15. The number of hydrogen-bond acceptors (Lipinski definition) is 3. The number of nitrogens with one attached hydrogen (secondary N) is 2. The number of anilines is 2. The SMILES string of the molecule is Cc1cc(C)c(NC(=S)Nc2cccc([N+](=O)[O-])c2)c(C)c1. The number of non-ortho nitro benzene ring substituents is 1. The van der Waals surface area contributed by atoms with Crippen molar-refractivity contribution >= 4 is 34.4 Å². The molecule has 0 unspecified atom stereocenters. The first-order valence-corrected chi connectivity index (χ1v) is 7.18. The number of nitrogens with zero attached hydrogens (tertiary/aromatic N) is 1. The molecule has 114 valence electrons. The molecular weight excluding hydrogens is 298 g/mol. The highest BCUT2D eigenvalue weighted by molar-refractivity contribution is 7.80. The van der Waals surface area contributed by atoms with Gasteiger partial charge in [-0.1, -0.05) is 23.8 Å². The largest absolute Gasteiger partial charge is 0.332 e. The molecule has 2 rings (SSSR count). The summed E-state index contributed by atoms with van der Waals surface area (Å²) >= 11 is 5.29. The molecule has 0 spiro atoms. The van der Waals surface area contributed by atoms with E-state index in [1.54, 1.807) is 12.1 Å². The van der Waals surface area contributed by atoms with Gasteiger partial charge in [0.2, 0.25) is 0 Å². The summed E-state index contributed by atoms with van der Waals surface area (Å²) in [5.41, 5.74) is 4.94. The van der Waals surface area contributed by atoms with E-state index >= 15 is 0 Å². The Kier molecular flexibility index (Phi) is 4.72. The number of hydrogen-bond donors (Lipinski definition) is 2. The summed E-state index contributed by atoms with van der Waals surface area (Å²) in [6.45, 7) is 6.07. The second-order valence-corrected chi connectivity index (χ2v) is 5.57. The Bertz CT molecular complexity index is 721. The minimum atomic E-state index is -0.435. The molecule has 0 aromatic heterocycles. The first-order chi connectivity index (χ1) is 10.4. The highest BCUT2D eigenvalue weighted by Crippen LogP contribution is 2.23.